The van der Waals surface area contributed by atoms with E-state index in [0.717, 1.165) is 0 Å². The summed E-state index contributed by atoms with van der Waals surface area (Å²) < 4.78 is 0.714. The number of hydrogen-bond acceptors (Lipinski definition) is 3. The minimum absolute atomic E-state index is 0.356. The first-order chi connectivity index (χ1) is 6.52. The van der Waals surface area contributed by atoms with Gasteiger partial charge in [0.05, 0.1) is 0 Å². The van der Waals surface area contributed by atoms with Gasteiger partial charge >= 0.3 is 5.97 Å². The van der Waals surface area contributed by atoms with Gasteiger partial charge in [-0.05, 0) is 17.7 Å². The average molecular weight is 261 g/mol. The number of hydrogen-bond donors (Lipinski definition) is 3. The summed E-state index contributed by atoms with van der Waals surface area (Å²) in [7, 11) is 0. The van der Waals surface area contributed by atoms with E-state index in [9.17, 15) is 9.90 Å². The lowest BCUT2D eigenvalue weighted by molar-refractivity contribution is -0.153. The largest absolute Gasteiger partial charge is 0.479 e. The fourth-order valence-corrected chi connectivity index (χ4v) is 1.42. The van der Waals surface area contributed by atoms with Gasteiger partial charge in [-0.25, -0.2) is 4.79 Å². The van der Waals surface area contributed by atoms with E-state index in [4.69, 9.17) is 10.2 Å². The molecule has 0 radical (unpaired) electrons. The van der Waals surface area contributed by atoms with Crippen LogP contribution in [-0.4, -0.2) is 27.4 Å². The van der Waals surface area contributed by atoms with Gasteiger partial charge in [-0.2, -0.15) is 0 Å². The molecule has 1 rings (SSSR count). The standard InChI is InChI=1S/C9H9BrO4/c10-6-3-1-2-5(4-6)7(11)8(12)9(13)14/h1-4,7-8,11-12H,(H,13,14). The molecule has 14 heavy (non-hydrogen) atoms. The highest BCUT2D eigenvalue weighted by molar-refractivity contribution is 9.10. The molecule has 0 aliphatic heterocycles. The lowest BCUT2D eigenvalue weighted by Gasteiger charge is -2.14. The van der Waals surface area contributed by atoms with Crippen molar-refractivity contribution in [2.75, 3.05) is 0 Å². The number of benzene rings is 1. The number of aliphatic hydroxyl groups excluding tert-OH is 2. The number of halogens is 1. The third-order valence-electron chi connectivity index (χ3n) is 1.74. The number of carboxylic acid groups (broad SMARTS) is 1. The average Bonchev–Trinajstić information content (AvgIpc) is 2.15. The van der Waals surface area contributed by atoms with E-state index in [1.165, 1.54) is 0 Å². The molecule has 0 aliphatic carbocycles. The van der Waals surface area contributed by atoms with Crippen molar-refractivity contribution in [2.45, 2.75) is 12.2 Å². The van der Waals surface area contributed by atoms with Crippen molar-refractivity contribution in [1.29, 1.82) is 0 Å². The van der Waals surface area contributed by atoms with Crippen LogP contribution < -0.4 is 0 Å². The first kappa shape index (κ1) is 11.2. The van der Waals surface area contributed by atoms with Gasteiger partial charge < -0.3 is 15.3 Å². The Morgan fingerprint density at radius 1 is 1.36 bits per heavy atom. The SMILES string of the molecule is O=C(O)C(O)C(O)c1cccc(Br)c1. The van der Waals surface area contributed by atoms with Gasteiger partial charge in [-0.15, -0.1) is 0 Å². The zero-order valence-electron chi connectivity index (χ0n) is 7.09. The molecule has 0 aliphatic rings. The topological polar surface area (TPSA) is 77.8 Å². The predicted octanol–water partition coefficient (Wildman–Crippen LogP) is 0.928. The Labute approximate surface area is 88.9 Å². The van der Waals surface area contributed by atoms with E-state index in [1.807, 2.05) is 0 Å². The van der Waals surface area contributed by atoms with E-state index in [-0.39, 0.29) is 0 Å². The second-order valence-electron chi connectivity index (χ2n) is 2.78. The molecule has 0 aromatic heterocycles. The summed E-state index contributed by atoms with van der Waals surface area (Å²) in [5, 5.41) is 27.0. The molecule has 0 amide bonds. The molecule has 0 spiro atoms. The molecule has 5 heteroatoms. The van der Waals surface area contributed by atoms with Gasteiger partial charge in [-0.3, -0.25) is 0 Å². The second-order valence-corrected chi connectivity index (χ2v) is 3.70. The zero-order chi connectivity index (χ0) is 10.7. The number of carboxylic acids is 1. The molecule has 0 heterocycles. The first-order valence-electron chi connectivity index (χ1n) is 3.87. The lowest BCUT2D eigenvalue weighted by Crippen LogP contribution is -2.27. The summed E-state index contributed by atoms with van der Waals surface area (Å²) in [6.07, 6.45) is -3.21. The van der Waals surface area contributed by atoms with Crippen molar-refractivity contribution in [1.82, 2.24) is 0 Å². The van der Waals surface area contributed by atoms with Crippen LogP contribution in [0.15, 0.2) is 28.7 Å². The molecule has 0 bridgehead atoms. The highest BCUT2D eigenvalue weighted by Crippen LogP contribution is 2.20. The summed E-state index contributed by atoms with van der Waals surface area (Å²) in [5.74, 6) is -1.45. The Kier molecular flexibility index (Phi) is 3.62. The molecule has 1 aromatic rings. The van der Waals surface area contributed by atoms with Gasteiger partial charge in [0.25, 0.3) is 0 Å². The minimum atomic E-state index is -1.80. The van der Waals surface area contributed by atoms with Crippen LogP contribution >= 0.6 is 15.9 Å². The third kappa shape index (κ3) is 2.54. The quantitative estimate of drug-likeness (QED) is 0.756. The summed E-state index contributed by atoms with van der Waals surface area (Å²) in [5.41, 5.74) is 0.356. The molecule has 2 unspecified atom stereocenters. The Morgan fingerprint density at radius 2 is 2.00 bits per heavy atom. The fourth-order valence-electron chi connectivity index (χ4n) is 1.01. The zero-order valence-corrected chi connectivity index (χ0v) is 8.68. The van der Waals surface area contributed by atoms with E-state index in [2.05, 4.69) is 15.9 Å². The van der Waals surface area contributed by atoms with Crippen molar-refractivity contribution in [3.63, 3.8) is 0 Å². The second kappa shape index (κ2) is 4.54. The van der Waals surface area contributed by atoms with Gasteiger partial charge in [0.2, 0.25) is 0 Å². The molecule has 0 saturated heterocycles. The summed E-state index contributed by atoms with van der Waals surface area (Å²) in [6, 6.07) is 6.49. The Hall–Kier alpha value is -0.910. The molecule has 0 saturated carbocycles. The van der Waals surface area contributed by atoms with Crippen molar-refractivity contribution in [3.8, 4) is 0 Å². The van der Waals surface area contributed by atoms with Crippen molar-refractivity contribution in [2.24, 2.45) is 0 Å². The third-order valence-corrected chi connectivity index (χ3v) is 2.24. The maximum absolute atomic E-state index is 10.4. The van der Waals surface area contributed by atoms with Gasteiger partial charge in [0.1, 0.15) is 6.10 Å². The summed E-state index contributed by atoms with van der Waals surface area (Å²) in [4.78, 5) is 10.4. The lowest BCUT2D eigenvalue weighted by atomic mass is 10.1. The van der Waals surface area contributed by atoms with Crippen LogP contribution in [0.3, 0.4) is 0 Å². The smallest absolute Gasteiger partial charge is 0.335 e. The number of aliphatic carboxylic acids is 1. The number of rotatable bonds is 3. The number of carbonyl (C=O) groups is 1. The molecule has 3 N–H and O–H groups in total. The van der Waals surface area contributed by atoms with Gasteiger partial charge in [0.15, 0.2) is 6.10 Å². The molecule has 0 fully saturated rings. The van der Waals surface area contributed by atoms with E-state index < -0.39 is 18.2 Å². The first-order valence-corrected chi connectivity index (χ1v) is 4.66. The van der Waals surface area contributed by atoms with E-state index >= 15 is 0 Å². The summed E-state index contributed by atoms with van der Waals surface area (Å²) >= 11 is 3.18. The van der Waals surface area contributed by atoms with Gasteiger partial charge in [-0.1, -0.05) is 28.1 Å². The molecule has 2 atom stereocenters. The highest BCUT2D eigenvalue weighted by Gasteiger charge is 2.24. The Morgan fingerprint density at radius 3 is 2.50 bits per heavy atom. The summed E-state index contributed by atoms with van der Waals surface area (Å²) in [6.45, 7) is 0. The van der Waals surface area contributed by atoms with Gasteiger partial charge in [0, 0.05) is 4.47 Å². The van der Waals surface area contributed by atoms with E-state index in [0.29, 0.717) is 10.0 Å². The van der Waals surface area contributed by atoms with E-state index in [1.54, 1.807) is 24.3 Å². The molecule has 1 aromatic carbocycles. The Balaban J connectivity index is 2.89. The van der Waals surface area contributed by atoms with Crippen LogP contribution in [0.25, 0.3) is 0 Å². The number of aliphatic hydroxyl groups is 2. The maximum atomic E-state index is 10.4. The van der Waals surface area contributed by atoms with Crippen molar-refractivity contribution in [3.05, 3.63) is 34.3 Å². The molecular weight excluding hydrogens is 252 g/mol. The maximum Gasteiger partial charge on any atom is 0.335 e. The molecule has 76 valence electrons. The molecule has 4 nitrogen and oxygen atoms in total. The van der Waals surface area contributed by atoms with Crippen LogP contribution in [-0.2, 0) is 4.79 Å². The minimum Gasteiger partial charge on any atom is -0.479 e. The predicted molar refractivity (Wildman–Crippen MR) is 52.7 cm³/mol. The monoisotopic (exact) mass is 260 g/mol. The highest BCUT2D eigenvalue weighted by atomic mass is 79.9. The normalized spacial score (nSPS) is 14.8. The Bertz CT molecular complexity index is 339. The van der Waals surface area contributed by atoms with Crippen molar-refractivity contribution < 1.29 is 20.1 Å². The van der Waals surface area contributed by atoms with Crippen LogP contribution in [0.1, 0.15) is 11.7 Å². The van der Waals surface area contributed by atoms with Crippen molar-refractivity contribution >= 4 is 21.9 Å². The van der Waals surface area contributed by atoms with Crippen LogP contribution in [0.2, 0.25) is 0 Å². The van der Waals surface area contributed by atoms with Crippen LogP contribution in [0.4, 0.5) is 0 Å². The van der Waals surface area contributed by atoms with Crippen LogP contribution in [0, 0.1) is 0 Å². The molecular formula is C9H9BrO4. The fraction of sp³-hybridized carbons (Fsp3) is 0.222. The van der Waals surface area contributed by atoms with Crippen LogP contribution in [0.5, 0.6) is 0 Å².